The van der Waals surface area contributed by atoms with Gasteiger partial charge in [-0.1, -0.05) is 0 Å². The molecule has 2 aromatic carbocycles. The Hall–Kier alpha value is -3.62. The van der Waals surface area contributed by atoms with E-state index in [0.717, 1.165) is 0 Å². The monoisotopic (exact) mass is 389 g/mol. The summed E-state index contributed by atoms with van der Waals surface area (Å²) in [6, 6.07) is 6.73. The minimum Gasteiger partial charge on any atom is -0.493 e. The predicted molar refractivity (Wildman–Crippen MR) is 98.5 cm³/mol. The molecule has 0 saturated heterocycles. The van der Waals surface area contributed by atoms with Crippen molar-refractivity contribution < 1.29 is 33.5 Å². The second kappa shape index (κ2) is 8.85. The number of nitro benzene ring substituents is 1. The molecular formula is C19H19NO8. The summed E-state index contributed by atoms with van der Waals surface area (Å²) in [5, 5.41) is 10.8. The molecule has 2 rings (SSSR count). The molecule has 0 saturated carbocycles. The zero-order chi connectivity index (χ0) is 20.8. The Bertz CT molecular complexity index is 897. The number of rotatable bonds is 8. The number of methoxy groups -OCH3 is 3. The summed E-state index contributed by atoms with van der Waals surface area (Å²) in [4.78, 5) is 34.9. The molecule has 0 aliphatic rings. The summed E-state index contributed by atoms with van der Waals surface area (Å²) in [6.07, 6.45) is 0. The molecule has 2 aromatic rings. The largest absolute Gasteiger partial charge is 0.493 e. The van der Waals surface area contributed by atoms with Crippen LogP contribution in [0.15, 0.2) is 30.3 Å². The van der Waals surface area contributed by atoms with Gasteiger partial charge in [-0.15, -0.1) is 0 Å². The number of benzene rings is 2. The van der Waals surface area contributed by atoms with Crippen LogP contribution >= 0.6 is 0 Å². The highest BCUT2D eigenvalue weighted by atomic mass is 16.6. The molecule has 0 radical (unpaired) electrons. The number of nitrogens with zero attached hydrogens (tertiary/aromatic N) is 1. The fourth-order valence-electron chi connectivity index (χ4n) is 2.53. The summed E-state index contributed by atoms with van der Waals surface area (Å²) in [6.45, 7) is 0.990. The van der Waals surface area contributed by atoms with Gasteiger partial charge in [-0.05, 0) is 31.2 Å². The van der Waals surface area contributed by atoms with Crippen LogP contribution in [0.5, 0.6) is 17.2 Å². The Morgan fingerprint density at radius 1 is 0.964 bits per heavy atom. The third-order valence-corrected chi connectivity index (χ3v) is 3.95. The van der Waals surface area contributed by atoms with E-state index in [9.17, 15) is 19.7 Å². The lowest BCUT2D eigenvalue weighted by Crippen LogP contribution is -2.15. The van der Waals surface area contributed by atoms with Crippen LogP contribution in [-0.4, -0.2) is 44.6 Å². The summed E-state index contributed by atoms with van der Waals surface area (Å²) < 4.78 is 20.6. The van der Waals surface area contributed by atoms with Gasteiger partial charge in [-0.3, -0.25) is 14.9 Å². The van der Waals surface area contributed by atoms with Gasteiger partial charge < -0.3 is 18.9 Å². The zero-order valence-electron chi connectivity index (χ0n) is 15.8. The maximum Gasteiger partial charge on any atom is 0.338 e. The van der Waals surface area contributed by atoms with E-state index in [1.54, 1.807) is 0 Å². The van der Waals surface area contributed by atoms with Gasteiger partial charge >= 0.3 is 5.97 Å². The molecule has 9 heteroatoms. The van der Waals surface area contributed by atoms with Crippen molar-refractivity contribution in [2.24, 2.45) is 0 Å². The summed E-state index contributed by atoms with van der Waals surface area (Å²) >= 11 is 0. The Balaban J connectivity index is 2.14. The van der Waals surface area contributed by atoms with E-state index >= 15 is 0 Å². The van der Waals surface area contributed by atoms with Crippen LogP contribution in [0.25, 0.3) is 0 Å². The summed E-state index contributed by atoms with van der Waals surface area (Å²) in [7, 11) is 4.28. The summed E-state index contributed by atoms with van der Waals surface area (Å²) in [5.74, 6) is -0.324. The number of carbonyl (C=O) groups is 2. The van der Waals surface area contributed by atoms with Crippen LogP contribution in [-0.2, 0) is 4.74 Å². The van der Waals surface area contributed by atoms with Crippen molar-refractivity contribution >= 4 is 17.4 Å². The molecule has 0 unspecified atom stereocenters. The highest BCUT2D eigenvalue weighted by molar-refractivity contribution is 6.00. The average Bonchev–Trinajstić information content (AvgIpc) is 2.69. The predicted octanol–water partition coefficient (Wildman–Crippen LogP) is 2.97. The molecule has 148 valence electrons. The van der Waals surface area contributed by atoms with Gasteiger partial charge in [0.15, 0.2) is 18.1 Å². The van der Waals surface area contributed by atoms with Crippen LogP contribution in [0.4, 0.5) is 5.69 Å². The summed E-state index contributed by atoms with van der Waals surface area (Å²) in [5.41, 5.74) is 0.531. The molecule has 0 spiro atoms. The number of ketones is 1. The number of hydrogen-bond donors (Lipinski definition) is 0. The zero-order valence-corrected chi connectivity index (χ0v) is 15.8. The minimum absolute atomic E-state index is 0.106. The van der Waals surface area contributed by atoms with Gasteiger partial charge in [0, 0.05) is 17.2 Å². The molecule has 9 nitrogen and oxygen atoms in total. The van der Waals surface area contributed by atoms with Crippen molar-refractivity contribution in [3.05, 3.63) is 57.1 Å². The molecule has 0 atom stereocenters. The van der Waals surface area contributed by atoms with Crippen molar-refractivity contribution in [1.82, 2.24) is 0 Å². The minimum atomic E-state index is -0.765. The first kappa shape index (κ1) is 20.7. The van der Waals surface area contributed by atoms with E-state index in [-0.39, 0.29) is 16.8 Å². The van der Waals surface area contributed by atoms with E-state index in [1.807, 2.05) is 0 Å². The molecule has 28 heavy (non-hydrogen) atoms. The van der Waals surface area contributed by atoms with E-state index in [0.29, 0.717) is 22.8 Å². The Labute approximate surface area is 160 Å². The van der Waals surface area contributed by atoms with Gasteiger partial charge in [-0.25, -0.2) is 4.79 Å². The molecule has 0 bridgehead atoms. The van der Waals surface area contributed by atoms with Crippen molar-refractivity contribution in [1.29, 1.82) is 0 Å². The van der Waals surface area contributed by atoms with Crippen molar-refractivity contribution in [3.8, 4) is 17.2 Å². The van der Waals surface area contributed by atoms with Crippen molar-refractivity contribution in [3.63, 3.8) is 0 Å². The molecule has 0 amide bonds. The maximum atomic E-state index is 12.4. The quantitative estimate of drug-likeness (QED) is 0.293. The van der Waals surface area contributed by atoms with E-state index in [1.165, 1.54) is 58.6 Å². The number of esters is 1. The number of carbonyl (C=O) groups excluding carboxylic acids is 2. The SMILES string of the molecule is COc1cc(C(=O)COC(=O)c2ccc([N+](=O)[O-])c(C)c2)cc(OC)c1OC. The first-order valence-electron chi connectivity index (χ1n) is 8.07. The van der Waals surface area contributed by atoms with Crippen molar-refractivity contribution in [2.45, 2.75) is 6.92 Å². The number of ether oxygens (including phenoxy) is 4. The normalized spacial score (nSPS) is 10.1. The molecule has 0 N–H and O–H groups in total. The van der Waals surface area contributed by atoms with Crippen LogP contribution < -0.4 is 14.2 Å². The third kappa shape index (κ3) is 4.37. The standard InChI is InChI=1S/C19H19NO8/c1-11-7-12(5-6-14(11)20(23)24)19(22)28-10-15(21)13-8-16(25-2)18(27-4)17(9-13)26-3/h5-9H,10H2,1-4H3. The number of nitro groups is 1. The Morgan fingerprint density at radius 3 is 2.04 bits per heavy atom. The third-order valence-electron chi connectivity index (χ3n) is 3.95. The molecule has 0 aliphatic heterocycles. The lowest BCUT2D eigenvalue weighted by atomic mass is 10.1. The van der Waals surface area contributed by atoms with E-state index < -0.39 is 23.3 Å². The van der Waals surface area contributed by atoms with Crippen LogP contribution in [0, 0.1) is 17.0 Å². The van der Waals surface area contributed by atoms with Crippen molar-refractivity contribution in [2.75, 3.05) is 27.9 Å². The number of hydrogen-bond acceptors (Lipinski definition) is 8. The maximum absolute atomic E-state index is 12.4. The second-order valence-electron chi connectivity index (χ2n) is 5.67. The van der Waals surface area contributed by atoms with E-state index in [2.05, 4.69) is 0 Å². The lowest BCUT2D eigenvalue weighted by molar-refractivity contribution is -0.385. The number of aryl methyl sites for hydroxylation is 1. The van der Waals surface area contributed by atoms with Crippen LogP contribution in [0.1, 0.15) is 26.3 Å². The molecular weight excluding hydrogens is 370 g/mol. The van der Waals surface area contributed by atoms with Crippen LogP contribution in [0.3, 0.4) is 0 Å². The lowest BCUT2D eigenvalue weighted by Gasteiger charge is -2.13. The van der Waals surface area contributed by atoms with E-state index in [4.69, 9.17) is 18.9 Å². The fraction of sp³-hybridized carbons (Fsp3) is 0.263. The molecule has 0 heterocycles. The molecule has 0 aliphatic carbocycles. The number of Topliss-reactive ketones (excluding diaryl/α,β-unsaturated/α-hetero) is 1. The topological polar surface area (TPSA) is 114 Å². The highest BCUT2D eigenvalue weighted by Crippen LogP contribution is 2.38. The average molecular weight is 389 g/mol. The van der Waals surface area contributed by atoms with Gasteiger partial charge in [0.05, 0.1) is 31.8 Å². The van der Waals surface area contributed by atoms with Gasteiger partial charge in [0.2, 0.25) is 11.5 Å². The smallest absolute Gasteiger partial charge is 0.338 e. The first-order chi connectivity index (χ1) is 13.3. The second-order valence-corrected chi connectivity index (χ2v) is 5.67. The van der Waals surface area contributed by atoms with Gasteiger partial charge in [0.1, 0.15) is 0 Å². The Kier molecular flexibility index (Phi) is 6.54. The van der Waals surface area contributed by atoms with Gasteiger partial charge in [-0.2, -0.15) is 0 Å². The first-order valence-corrected chi connectivity index (χ1v) is 8.07. The molecule has 0 fully saturated rings. The molecule has 0 aromatic heterocycles. The Morgan fingerprint density at radius 2 is 1.57 bits per heavy atom. The highest BCUT2D eigenvalue weighted by Gasteiger charge is 2.19. The van der Waals surface area contributed by atoms with Crippen LogP contribution in [0.2, 0.25) is 0 Å². The fourth-order valence-corrected chi connectivity index (χ4v) is 2.53. The van der Waals surface area contributed by atoms with Gasteiger partial charge in [0.25, 0.3) is 5.69 Å².